The number of amides is 2. The molecule has 0 spiro atoms. The number of fused-ring (bicyclic) bond motifs is 1. The van der Waals surface area contributed by atoms with Gasteiger partial charge in [-0.15, -0.1) is 11.3 Å². The lowest BCUT2D eigenvalue weighted by molar-refractivity contribution is -0.142. The third-order valence-electron chi connectivity index (χ3n) is 4.03. The Morgan fingerprint density at radius 1 is 1.20 bits per heavy atom. The summed E-state index contributed by atoms with van der Waals surface area (Å²) in [6.45, 7) is -0.477. The van der Waals surface area contributed by atoms with E-state index in [1.54, 1.807) is 29.8 Å². The van der Waals surface area contributed by atoms with E-state index in [0.29, 0.717) is 11.2 Å². The molecule has 4 rings (SSSR count). The van der Waals surface area contributed by atoms with Crippen molar-refractivity contribution >= 4 is 39.0 Å². The van der Waals surface area contributed by atoms with Gasteiger partial charge in [0.2, 0.25) is 0 Å². The van der Waals surface area contributed by atoms with Crippen LogP contribution >= 0.6 is 11.3 Å². The van der Waals surface area contributed by atoms with E-state index in [1.807, 2.05) is 0 Å². The van der Waals surface area contributed by atoms with Gasteiger partial charge >= 0.3 is 12.2 Å². The predicted molar refractivity (Wildman–Crippen MR) is 88.9 cm³/mol. The molecule has 1 aromatic carbocycles. The molecule has 1 saturated heterocycles. The van der Waals surface area contributed by atoms with Crippen LogP contribution in [0, 0.1) is 0 Å². The number of pyridine rings is 1. The lowest BCUT2D eigenvalue weighted by Gasteiger charge is -2.25. The SMILES string of the molecule is O=C1N(c2cccnc2)CC(C(F)(F)F)N1c1ccc2ncsc2c1. The molecular weight excluding hydrogens is 353 g/mol. The standard InChI is InChI=1S/C16H11F3N4OS/c17-16(18,19)14-8-22(11-2-1-5-20-7-11)15(24)23(14)10-3-4-12-13(6-10)25-9-21-12/h1-7,9,14H,8H2. The summed E-state index contributed by atoms with van der Waals surface area (Å²) in [5.41, 5.74) is 2.84. The van der Waals surface area contributed by atoms with Crippen molar-refractivity contribution in [3.8, 4) is 0 Å². The van der Waals surface area contributed by atoms with Gasteiger partial charge in [-0.05, 0) is 30.3 Å². The Labute approximate surface area is 144 Å². The number of hydrogen-bond acceptors (Lipinski definition) is 4. The van der Waals surface area contributed by atoms with Gasteiger partial charge in [0.25, 0.3) is 0 Å². The van der Waals surface area contributed by atoms with Crippen molar-refractivity contribution in [1.82, 2.24) is 9.97 Å². The maximum atomic E-state index is 13.6. The molecule has 0 aliphatic carbocycles. The summed E-state index contributed by atoms with van der Waals surface area (Å²) in [4.78, 5) is 22.6. The molecule has 9 heteroatoms. The van der Waals surface area contributed by atoms with Crippen LogP contribution < -0.4 is 9.80 Å². The number of hydrogen-bond donors (Lipinski definition) is 0. The quantitative estimate of drug-likeness (QED) is 0.689. The fourth-order valence-corrected chi connectivity index (χ4v) is 3.57. The van der Waals surface area contributed by atoms with E-state index in [9.17, 15) is 18.0 Å². The van der Waals surface area contributed by atoms with E-state index >= 15 is 0 Å². The van der Waals surface area contributed by atoms with Crippen LogP contribution in [0.5, 0.6) is 0 Å². The van der Waals surface area contributed by atoms with E-state index < -0.39 is 24.8 Å². The minimum Gasteiger partial charge on any atom is -0.290 e. The van der Waals surface area contributed by atoms with Crippen LogP contribution in [0.2, 0.25) is 0 Å². The topological polar surface area (TPSA) is 49.3 Å². The first-order chi connectivity index (χ1) is 11.9. The third kappa shape index (κ3) is 2.70. The van der Waals surface area contributed by atoms with Gasteiger partial charge in [0.05, 0.1) is 34.2 Å². The highest BCUT2D eigenvalue weighted by atomic mass is 32.1. The number of halogens is 3. The van der Waals surface area contributed by atoms with E-state index in [-0.39, 0.29) is 5.69 Å². The normalized spacial score (nSPS) is 18.4. The number of rotatable bonds is 2. The van der Waals surface area contributed by atoms with Crippen molar-refractivity contribution < 1.29 is 18.0 Å². The highest BCUT2D eigenvalue weighted by molar-refractivity contribution is 7.16. The number of benzene rings is 1. The molecule has 25 heavy (non-hydrogen) atoms. The van der Waals surface area contributed by atoms with Gasteiger partial charge in [-0.1, -0.05) is 0 Å². The number of carbonyl (C=O) groups is 1. The smallest absolute Gasteiger partial charge is 0.290 e. The predicted octanol–water partition coefficient (Wildman–Crippen LogP) is 4.07. The summed E-state index contributed by atoms with van der Waals surface area (Å²) >= 11 is 1.31. The molecule has 1 atom stereocenters. The summed E-state index contributed by atoms with van der Waals surface area (Å²) < 4.78 is 41.4. The molecule has 0 saturated carbocycles. The zero-order valence-electron chi connectivity index (χ0n) is 12.6. The molecule has 1 aliphatic rings. The van der Waals surface area contributed by atoms with Crippen molar-refractivity contribution in [2.75, 3.05) is 16.3 Å². The summed E-state index contributed by atoms with van der Waals surface area (Å²) in [5.74, 6) is 0. The van der Waals surface area contributed by atoms with Gasteiger partial charge < -0.3 is 0 Å². The van der Waals surface area contributed by atoms with E-state index in [2.05, 4.69) is 9.97 Å². The zero-order valence-corrected chi connectivity index (χ0v) is 13.5. The fourth-order valence-electron chi connectivity index (χ4n) is 2.86. The molecule has 1 fully saturated rings. The highest BCUT2D eigenvalue weighted by Crippen LogP contribution is 2.37. The summed E-state index contributed by atoms with van der Waals surface area (Å²) in [6.07, 6.45) is -1.67. The molecule has 0 radical (unpaired) electrons. The molecule has 5 nitrogen and oxygen atoms in total. The van der Waals surface area contributed by atoms with E-state index in [0.717, 1.165) is 14.5 Å². The molecule has 2 amide bonds. The minimum atomic E-state index is -4.55. The Hall–Kier alpha value is -2.68. The van der Waals surface area contributed by atoms with Crippen molar-refractivity contribution in [2.24, 2.45) is 0 Å². The molecule has 1 unspecified atom stereocenters. The van der Waals surface area contributed by atoms with Gasteiger partial charge in [-0.2, -0.15) is 13.2 Å². The number of alkyl halides is 3. The Morgan fingerprint density at radius 3 is 2.76 bits per heavy atom. The van der Waals surface area contributed by atoms with Gasteiger partial charge in [-0.3, -0.25) is 14.8 Å². The first kappa shape index (κ1) is 15.8. The molecule has 0 bridgehead atoms. The van der Waals surface area contributed by atoms with Gasteiger partial charge in [0, 0.05) is 11.9 Å². The van der Waals surface area contributed by atoms with Crippen LogP contribution in [0.25, 0.3) is 10.2 Å². The molecule has 3 aromatic rings. The van der Waals surface area contributed by atoms with Crippen molar-refractivity contribution in [2.45, 2.75) is 12.2 Å². The second-order valence-electron chi connectivity index (χ2n) is 5.54. The Balaban J connectivity index is 1.78. The largest absolute Gasteiger partial charge is 0.411 e. The maximum absolute atomic E-state index is 13.6. The molecule has 0 N–H and O–H groups in total. The minimum absolute atomic E-state index is 0.204. The first-order valence-electron chi connectivity index (χ1n) is 7.36. The van der Waals surface area contributed by atoms with Crippen molar-refractivity contribution in [3.05, 3.63) is 48.2 Å². The average Bonchev–Trinajstić information content (AvgIpc) is 3.18. The van der Waals surface area contributed by atoms with Crippen LogP contribution in [0.3, 0.4) is 0 Å². The van der Waals surface area contributed by atoms with Crippen LogP contribution in [0.4, 0.5) is 29.3 Å². The number of urea groups is 1. The molecule has 128 valence electrons. The summed E-state index contributed by atoms with van der Waals surface area (Å²) in [6, 6.07) is 5.17. The maximum Gasteiger partial charge on any atom is 0.411 e. The molecule has 2 aromatic heterocycles. The average molecular weight is 364 g/mol. The van der Waals surface area contributed by atoms with Crippen LogP contribution in [-0.4, -0.2) is 34.8 Å². The Bertz CT molecular complexity index is 928. The van der Waals surface area contributed by atoms with Crippen molar-refractivity contribution in [1.29, 1.82) is 0 Å². The first-order valence-corrected chi connectivity index (χ1v) is 8.24. The van der Waals surface area contributed by atoms with E-state index in [1.165, 1.54) is 29.8 Å². The number of thiazole rings is 1. The van der Waals surface area contributed by atoms with Gasteiger partial charge in [0.15, 0.2) is 6.04 Å². The van der Waals surface area contributed by atoms with Gasteiger partial charge in [0.1, 0.15) is 0 Å². The van der Waals surface area contributed by atoms with Crippen LogP contribution in [-0.2, 0) is 0 Å². The van der Waals surface area contributed by atoms with Gasteiger partial charge in [-0.25, -0.2) is 9.78 Å². The Kier molecular flexibility index (Phi) is 3.60. The third-order valence-corrected chi connectivity index (χ3v) is 4.82. The highest BCUT2D eigenvalue weighted by Gasteiger charge is 2.53. The Morgan fingerprint density at radius 2 is 2.04 bits per heavy atom. The second kappa shape index (κ2) is 5.69. The zero-order chi connectivity index (χ0) is 17.6. The summed E-state index contributed by atoms with van der Waals surface area (Å²) in [7, 11) is 0. The number of aromatic nitrogens is 2. The summed E-state index contributed by atoms with van der Waals surface area (Å²) in [5, 5.41) is 0. The fraction of sp³-hybridized carbons (Fsp3) is 0.188. The molecule has 1 aliphatic heterocycles. The molecular formula is C16H11F3N4OS. The number of carbonyl (C=O) groups excluding carboxylic acids is 1. The van der Waals surface area contributed by atoms with E-state index in [4.69, 9.17) is 0 Å². The van der Waals surface area contributed by atoms with Crippen LogP contribution in [0.15, 0.2) is 48.2 Å². The van der Waals surface area contributed by atoms with Crippen molar-refractivity contribution in [3.63, 3.8) is 0 Å². The number of nitrogens with zero attached hydrogens (tertiary/aromatic N) is 4. The van der Waals surface area contributed by atoms with Crippen LogP contribution in [0.1, 0.15) is 0 Å². The lowest BCUT2D eigenvalue weighted by atomic mass is 10.2. The number of anilines is 2. The molecule has 3 heterocycles. The monoisotopic (exact) mass is 364 g/mol. The lowest BCUT2D eigenvalue weighted by Crippen LogP contribution is -2.44. The second-order valence-corrected chi connectivity index (χ2v) is 6.42.